The first-order valence-corrected chi connectivity index (χ1v) is 6.06. The highest BCUT2D eigenvalue weighted by Gasteiger charge is 1.88. The maximum absolute atomic E-state index is 2.08. The van der Waals surface area contributed by atoms with E-state index < -0.39 is 0 Å². The van der Waals surface area contributed by atoms with Crippen LogP contribution in [0, 0.1) is 0 Å². The van der Waals surface area contributed by atoms with Crippen LogP contribution in [0.5, 0.6) is 0 Å². The molecule has 0 aliphatic heterocycles. The van der Waals surface area contributed by atoms with Gasteiger partial charge in [-0.3, -0.25) is 0 Å². The minimum Gasteiger partial charge on any atom is -0.378 e. The molecule has 0 spiro atoms. The van der Waals surface area contributed by atoms with Crippen LogP contribution < -0.4 is 9.80 Å². The van der Waals surface area contributed by atoms with Crippen LogP contribution in [0.3, 0.4) is 0 Å². The van der Waals surface area contributed by atoms with Gasteiger partial charge >= 0.3 is 0 Å². The molecule has 19 heavy (non-hydrogen) atoms. The van der Waals surface area contributed by atoms with Crippen molar-refractivity contribution in [2.75, 3.05) is 38.0 Å². The fourth-order valence-electron chi connectivity index (χ4n) is 1.45. The third-order valence-electron chi connectivity index (χ3n) is 2.55. The molecule has 0 saturated heterocycles. The van der Waals surface area contributed by atoms with E-state index in [0.29, 0.717) is 0 Å². The molecule has 3 heteroatoms. The molecule has 0 saturated carbocycles. The third-order valence-corrected chi connectivity index (χ3v) is 2.55. The molecule has 2 aromatic carbocycles. The fraction of sp³-hybridized carbons (Fsp3) is 0.250. The van der Waals surface area contributed by atoms with Crippen LogP contribution in [0.1, 0.15) is 0 Å². The van der Waals surface area contributed by atoms with Gasteiger partial charge in [0.15, 0.2) is 0 Å². The van der Waals surface area contributed by atoms with Crippen molar-refractivity contribution < 1.29 is 0 Å². The van der Waals surface area contributed by atoms with Crippen LogP contribution in [-0.4, -0.2) is 51.2 Å². The summed E-state index contributed by atoms with van der Waals surface area (Å²) in [7, 11) is 8.15. The van der Waals surface area contributed by atoms with Crippen LogP contribution in [0.15, 0.2) is 60.7 Å². The fourth-order valence-corrected chi connectivity index (χ4v) is 1.45. The van der Waals surface area contributed by atoms with Crippen molar-refractivity contribution in [2.45, 2.75) is 0 Å². The van der Waals surface area contributed by atoms with Gasteiger partial charge in [-0.15, -0.1) is 0 Å². The molecule has 2 rings (SSSR count). The van der Waals surface area contributed by atoms with E-state index in [2.05, 4.69) is 34.1 Å². The Morgan fingerprint density at radius 2 is 0.789 bits per heavy atom. The average molecular weight is 267 g/mol. The third kappa shape index (κ3) is 7.08. The average Bonchev–Trinajstić information content (AvgIpc) is 2.41. The zero-order valence-corrected chi connectivity index (χ0v) is 13.8. The normalized spacial score (nSPS) is 8.63. The summed E-state index contributed by atoms with van der Waals surface area (Å²) < 4.78 is 0. The molecule has 2 radical (unpaired) electrons. The standard InChI is InChI=1S/2C8H11N.Mg/c2*1-9(2)8-6-4-3-5-7-8;/h2*3-7H,1-2H3;. The smallest absolute Gasteiger partial charge is 0.0360 e. The summed E-state index contributed by atoms with van der Waals surface area (Å²) in [5, 5.41) is 0. The van der Waals surface area contributed by atoms with Crippen molar-refractivity contribution in [3.8, 4) is 0 Å². The number of para-hydroxylation sites is 2. The predicted octanol–water partition coefficient (Wildman–Crippen LogP) is 3.12. The molecular formula is C16H22MgN2. The maximum atomic E-state index is 2.08. The molecule has 2 aromatic rings. The number of hydrogen-bond donors (Lipinski definition) is 0. The first-order valence-electron chi connectivity index (χ1n) is 6.06. The van der Waals surface area contributed by atoms with Crippen LogP contribution in [0.2, 0.25) is 0 Å². The molecule has 2 nitrogen and oxygen atoms in total. The van der Waals surface area contributed by atoms with E-state index in [1.54, 1.807) is 0 Å². The second-order valence-corrected chi connectivity index (χ2v) is 4.46. The predicted molar refractivity (Wildman–Crippen MR) is 87.3 cm³/mol. The van der Waals surface area contributed by atoms with E-state index in [-0.39, 0.29) is 23.1 Å². The Bertz CT molecular complexity index is 384. The summed E-state index contributed by atoms with van der Waals surface area (Å²) in [5.74, 6) is 0. The summed E-state index contributed by atoms with van der Waals surface area (Å²) in [6.07, 6.45) is 0. The second-order valence-electron chi connectivity index (χ2n) is 4.46. The van der Waals surface area contributed by atoms with Crippen LogP contribution in [0.25, 0.3) is 0 Å². The Kier molecular flexibility index (Phi) is 9.09. The van der Waals surface area contributed by atoms with Gasteiger partial charge in [0.1, 0.15) is 0 Å². The number of hydrogen-bond acceptors (Lipinski definition) is 2. The molecular weight excluding hydrogens is 244 g/mol. The lowest BCUT2D eigenvalue weighted by Crippen LogP contribution is -2.07. The highest BCUT2D eigenvalue weighted by atomic mass is 24.3. The molecule has 0 amide bonds. The van der Waals surface area contributed by atoms with E-state index in [1.165, 1.54) is 11.4 Å². The van der Waals surface area contributed by atoms with Gasteiger partial charge < -0.3 is 9.80 Å². The summed E-state index contributed by atoms with van der Waals surface area (Å²) in [4.78, 5) is 4.17. The quantitative estimate of drug-likeness (QED) is 0.771. The topological polar surface area (TPSA) is 6.48 Å². The molecule has 0 aliphatic carbocycles. The van der Waals surface area contributed by atoms with Crippen molar-refractivity contribution in [1.82, 2.24) is 0 Å². The van der Waals surface area contributed by atoms with Crippen molar-refractivity contribution >= 4 is 34.4 Å². The first-order chi connectivity index (χ1) is 8.61. The molecule has 0 aromatic heterocycles. The monoisotopic (exact) mass is 266 g/mol. The summed E-state index contributed by atoms with van der Waals surface area (Å²) >= 11 is 0. The lowest BCUT2D eigenvalue weighted by atomic mass is 10.3. The zero-order chi connectivity index (χ0) is 13.4. The molecule has 0 bridgehead atoms. The lowest BCUT2D eigenvalue weighted by Gasteiger charge is -2.10. The van der Waals surface area contributed by atoms with E-state index in [4.69, 9.17) is 0 Å². The van der Waals surface area contributed by atoms with E-state index in [0.717, 1.165) is 0 Å². The molecule has 0 atom stereocenters. The Hall–Kier alpha value is -1.19. The van der Waals surface area contributed by atoms with Gasteiger partial charge in [-0.1, -0.05) is 36.4 Å². The summed E-state index contributed by atoms with van der Waals surface area (Å²) in [6, 6.07) is 20.5. The first kappa shape index (κ1) is 17.8. The van der Waals surface area contributed by atoms with E-state index in [9.17, 15) is 0 Å². The van der Waals surface area contributed by atoms with Gasteiger partial charge in [0.05, 0.1) is 0 Å². The zero-order valence-electron chi connectivity index (χ0n) is 12.4. The van der Waals surface area contributed by atoms with Gasteiger partial charge in [-0.2, -0.15) is 0 Å². The Morgan fingerprint density at radius 3 is 0.947 bits per heavy atom. The van der Waals surface area contributed by atoms with Gasteiger partial charge in [0.2, 0.25) is 0 Å². The molecule has 0 unspecified atom stereocenters. The van der Waals surface area contributed by atoms with Crippen LogP contribution in [-0.2, 0) is 0 Å². The Morgan fingerprint density at radius 1 is 0.526 bits per heavy atom. The molecule has 0 heterocycles. The van der Waals surface area contributed by atoms with Gasteiger partial charge in [0, 0.05) is 62.6 Å². The van der Waals surface area contributed by atoms with Crippen molar-refractivity contribution in [3.05, 3.63) is 60.7 Å². The highest BCUT2D eigenvalue weighted by molar-refractivity contribution is 5.75. The van der Waals surface area contributed by atoms with Gasteiger partial charge in [-0.05, 0) is 24.3 Å². The molecule has 98 valence electrons. The number of rotatable bonds is 2. The number of nitrogens with zero attached hydrogens (tertiary/aromatic N) is 2. The summed E-state index contributed by atoms with van der Waals surface area (Å²) in [5.41, 5.74) is 2.50. The van der Waals surface area contributed by atoms with Crippen molar-refractivity contribution in [3.63, 3.8) is 0 Å². The van der Waals surface area contributed by atoms with Gasteiger partial charge in [-0.25, -0.2) is 0 Å². The van der Waals surface area contributed by atoms with E-state index in [1.807, 2.05) is 64.6 Å². The maximum Gasteiger partial charge on any atom is 0.0360 e. The molecule has 0 fully saturated rings. The van der Waals surface area contributed by atoms with Crippen molar-refractivity contribution in [1.29, 1.82) is 0 Å². The van der Waals surface area contributed by atoms with E-state index >= 15 is 0 Å². The number of benzene rings is 2. The lowest BCUT2D eigenvalue weighted by molar-refractivity contribution is 1.13. The minimum absolute atomic E-state index is 0. The minimum atomic E-state index is 0. The summed E-state index contributed by atoms with van der Waals surface area (Å²) in [6.45, 7) is 0. The van der Waals surface area contributed by atoms with Crippen LogP contribution in [0.4, 0.5) is 11.4 Å². The number of anilines is 2. The SMILES string of the molecule is CN(C)c1ccccc1.CN(C)c1ccccc1.[Mg]. The second kappa shape index (κ2) is 9.70. The largest absolute Gasteiger partial charge is 0.378 e. The van der Waals surface area contributed by atoms with Crippen molar-refractivity contribution in [2.24, 2.45) is 0 Å². The molecule has 0 N–H and O–H groups in total. The van der Waals surface area contributed by atoms with Crippen LogP contribution >= 0.6 is 0 Å². The molecule has 0 aliphatic rings. The van der Waals surface area contributed by atoms with Gasteiger partial charge in [0.25, 0.3) is 0 Å². The Balaban J connectivity index is 0.000000324. The Labute approximate surface area is 133 Å². The highest BCUT2D eigenvalue weighted by Crippen LogP contribution is 2.08.